The van der Waals surface area contributed by atoms with E-state index in [2.05, 4.69) is 309 Å². The number of nitrogens with zero attached hydrogens (tertiary/aromatic N) is 3. The molecular weight excluding hydrogens is 1070 g/mol. The van der Waals surface area contributed by atoms with Crippen LogP contribution in [-0.2, 0) is 27.1 Å². The number of fused-ring (bicyclic) bond motifs is 21. The van der Waals surface area contributed by atoms with Gasteiger partial charge in [-0.15, -0.1) is 0 Å². The average molecular weight is 1150 g/mol. The highest BCUT2D eigenvalue weighted by molar-refractivity contribution is 6.10. The minimum absolute atomic E-state index is 0.0291. The fourth-order valence-electron chi connectivity index (χ4n) is 12.5. The maximum Gasteiger partial charge on any atom is 0.137 e. The summed E-state index contributed by atoms with van der Waals surface area (Å²) in [6.07, 6.45) is 3.88. The van der Waals surface area contributed by atoms with E-state index in [1.54, 1.807) is 0 Å². The molecule has 0 N–H and O–H groups in total. The van der Waals surface area contributed by atoms with Crippen LogP contribution in [0.25, 0.3) is 115 Å². The normalized spacial score (nSPS) is 12.7. The van der Waals surface area contributed by atoms with Crippen molar-refractivity contribution in [1.29, 1.82) is 0 Å². The smallest absolute Gasteiger partial charge is 0.137 e. The zero-order valence-corrected chi connectivity index (χ0v) is 54.0. The highest BCUT2D eigenvalue weighted by Gasteiger charge is 2.22. The van der Waals surface area contributed by atoms with E-state index in [-0.39, 0.29) is 27.1 Å². The van der Waals surface area contributed by atoms with Gasteiger partial charge in [0.25, 0.3) is 0 Å². The Kier molecular flexibility index (Phi) is 14.0. The Morgan fingerprint density at radius 1 is 0.273 bits per heavy atom. The van der Waals surface area contributed by atoms with Crippen LogP contribution in [0.1, 0.15) is 132 Å². The zero-order valence-electron chi connectivity index (χ0n) is 54.0. The molecule has 0 spiro atoms. The second kappa shape index (κ2) is 21.3. The van der Waals surface area contributed by atoms with E-state index in [1.807, 2.05) is 18.5 Å². The van der Waals surface area contributed by atoms with Gasteiger partial charge >= 0.3 is 0 Å². The van der Waals surface area contributed by atoms with Crippen LogP contribution >= 0.6 is 0 Å². The van der Waals surface area contributed by atoms with Gasteiger partial charge in [0, 0.05) is 34.8 Å². The van der Waals surface area contributed by atoms with Crippen molar-refractivity contribution >= 4 is 86.4 Å². The standard InChI is InChI=1S/C84H81N3O/c1-80(2,3)67-29-31-86-79(50-67)87-77-25-17-16-24-74(77)75-27-26-73(51-78(75)87)88-72-23-19-22-55(48-72)76-49-54(28-30-85-76)56-33-57-35-58(34-56)62-39-66(47-71(43-62)84(13,14)15)64-37-60(41-69(45-64)82(7,8)9)53-21-18-20-52(32-53)59-36-63(44-68(40-59)81(4,5)6)65-38-61(57)42-70(46-65)83(10,11)12/h16-51H,1-15H3. The number of ether oxygens (including phenoxy) is 1. The van der Waals surface area contributed by atoms with Crippen molar-refractivity contribution in [3.63, 3.8) is 0 Å². The highest BCUT2D eigenvalue weighted by atomic mass is 16.5. The monoisotopic (exact) mass is 1150 g/mol. The van der Waals surface area contributed by atoms with Crippen LogP contribution in [0.15, 0.2) is 219 Å². The van der Waals surface area contributed by atoms with Crippen molar-refractivity contribution in [3.8, 4) is 39.7 Å². The van der Waals surface area contributed by atoms with Crippen molar-refractivity contribution in [1.82, 2.24) is 14.5 Å². The summed E-state index contributed by atoms with van der Waals surface area (Å²) in [6, 6.07) is 77.6. The molecule has 0 saturated carbocycles. The minimum Gasteiger partial charge on any atom is -0.457 e. The number of benzene rings is 9. The first-order valence-electron chi connectivity index (χ1n) is 31.3. The number of hydrogen-bond donors (Lipinski definition) is 0. The molecule has 438 valence electrons. The molecule has 0 atom stereocenters. The molecule has 0 aliphatic carbocycles. The Hall–Kier alpha value is -9.12. The van der Waals surface area contributed by atoms with Gasteiger partial charge in [-0.2, -0.15) is 0 Å². The summed E-state index contributed by atoms with van der Waals surface area (Å²) < 4.78 is 9.09. The van der Waals surface area contributed by atoms with Gasteiger partial charge in [0.1, 0.15) is 17.3 Å². The Bertz CT molecular complexity index is 4900. The second-order valence-electron chi connectivity index (χ2n) is 29.8. The lowest BCUT2D eigenvalue weighted by Gasteiger charge is -2.22. The summed E-state index contributed by atoms with van der Waals surface area (Å²) >= 11 is 0. The van der Waals surface area contributed by atoms with Crippen LogP contribution in [0.5, 0.6) is 11.5 Å². The maximum absolute atomic E-state index is 6.83. The van der Waals surface area contributed by atoms with E-state index in [0.29, 0.717) is 0 Å². The van der Waals surface area contributed by atoms with Crippen LogP contribution < -0.4 is 4.74 Å². The molecule has 0 amide bonds. The lowest BCUT2D eigenvalue weighted by atomic mass is 9.83. The molecule has 12 bridgehead atoms. The van der Waals surface area contributed by atoms with Gasteiger partial charge in [0.05, 0.1) is 16.7 Å². The van der Waals surface area contributed by atoms with E-state index in [0.717, 1.165) is 66.9 Å². The topological polar surface area (TPSA) is 39.9 Å². The number of para-hydroxylation sites is 1. The number of hydrogen-bond acceptors (Lipinski definition) is 3. The molecule has 0 fully saturated rings. The van der Waals surface area contributed by atoms with Gasteiger partial charge in [-0.25, -0.2) is 4.98 Å². The molecule has 13 rings (SSSR count). The lowest BCUT2D eigenvalue weighted by molar-refractivity contribution is 0.483. The van der Waals surface area contributed by atoms with Gasteiger partial charge < -0.3 is 4.74 Å². The van der Waals surface area contributed by atoms with E-state index in [1.165, 1.54) is 87.1 Å². The summed E-state index contributed by atoms with van der Waals surface area (Å²) in [4.78, 5) is 9.99. The molecule has 3 heterocycles. The summed E-state index contributed by atoms with van der Waals surface area (Å²) in [7, 11) is 0. The number of rotatable bonds is 5. The van der Waals surface area contributed by atoms with Crippen LogP contribution in [0, 0.1) is 0 Å². The zero-order chi connectivity index (χ0) is 61.8. The van der Waals surface area contributed by atoms with Crippen molar-refractivity contribution in [2.24, 2.45) is 0 Å². The first-order valence-corrected chi connectivity index (χ1v) is 31.3. The van der Waals surface area contributed by atoms with Crippen molar-refractivity contribution < 1.29 is 4.74 Å². The van der Waals surface area contributed by atoms with Crippen molar-refractivity contribution in [3.05, 3.63) is 246 Å². The molecule has 88 heavy (non-hydrogen) atoms. The molecule has 3 aromatic heterocycles. The van der Waals surface area contributed by atoms with Crippen molar-refractivity contribution in [2.45, 2.75) is 131 Å². The maximum atomic E-state index is 6.83. The Labute approximate surface area is 519 Å². The van der Waals surface area contributed by atoms with Crippen LogP contribution in [0.3, 0.4) is 0 Å². The summed E-state index contributed by atoms with van der Waals surface area (Å²) in [6.45, 7) is 34.7. The van der Waals surface area contributed by atoms with Crippen LogP contribution in [0.2, 0.25) is 0 Å². The van der Waals surface area contributed by atoms with Crippen LogP contribution in [-0.4, -0.2) is 14.5 Å². The summed E-state index contributed by atoms with van der Waals surface area (Å²) in [5, 5.41) is 16.7. The SMILES string of the molecule is CC(C)(C)c1ccnc(-n2c3ccccc3c3ccc(Oc4cccc(-c5cc(-c6cc7cc(c6)c6cc(C(C)(C)C)cc(c6)c6cc(C(C)(C)C)cc(c6)c6cccc(c6)c6cc(C(C)(C)C)cc(c6)c6cc(C(C)(C)C)cc7c6)ccn5)c4)cc32)c1. The fraction of sp³-hybridized carbons (Fsp3) is 0.238. The predicted molar refractivity (Wildman–Crippen MR) is 379 cm³/mol. The number of aromatic nitrogens is 3. The predicted octanol–water partition coefficient (Wildman–Crippen LogP) is 23.8. The molecule has 0 radical (unpaired) electrons. The largest absolute Gasteiger partial charge is 0.457 e. The third-order valence-corrected chi connectivity index (χ3v) is 17.9. The van der Waals surface area contributed by atoms with Crippen molar-refractivity contribution in [2.75, 3.05) is 0 Å². The first-order chi connectivity index (χ1) is 41.7. The van der Waals surface area contributed by atoms with Gasteiger partial charge in [0.2, 0.25) is 0 Å². The quantitative estimate of drug-likeness (QED) is 0.172. The average Bonchev–Trinajstić information content (AvgIpc) is 1.54. The lowest BCUT2D eigenvalue weighted by Crippen LogP contribution is -2.12. The molecular formula is C84H81N3O. The molecule has 0 aliphatic rings. The minimum atomic E-state index is -0.128. The molecule has 4 nitrogen and oxygen atoms in total. The fourth-order valence-corrected chi connectivity index (χ4v) is 12.5. The van der Waals surface area contributed by atoms with Gasteiger partial charge in [-0.1, -0.05) is 201 Å². The molecule has 0 saturated heterocycles. The third kappa shape index (κ3) is 11.4. The van der Waals surface area contributed by atoms with Crippen LogP contribution in [0.4, 0.5) is 0 Å². The first kappa shape index (κ1) is 57.9. The van der Waals surface area contributed by atoms with Gasteiger partial charge in [0.15, 0.2) is 0 Å². The van der Waals surface area contributed by atoms with E-state index >= 15 is 0 Å². The Morgan fingerprint density at radius 3 is 1.19 bits per heavy atom. The second-order valence-corrected chi connectivity index (χ2v) is 29.8. The van der Waals surface area contributed by atoms with Gasteiger partial charge in [-0.3, -0.25) is 9.55 Å². The van der Waals surface area contributed by atoms with Gasteiger partial charge in [-0.05, 0) is 234 Å². The Balaban J connectivity index is 1.03. The molecule has 4 heteroatoms. The highest BCUT2D eigenvalue weighted by Crippen LogP contribution is 2.41. The summed E-state index contributed by atoms with van der Waals surface area (Å²) in [5.74, 6) is 2.36. The molecule has 10 aromatic carbocycles. The Morgan fingerprint density at radius 2 is 0.693 bits per heavy atom. The van der Waals surface area contributed by atoms with E-state index in [4.69, 9.17) is 14.7 Å². The number of pyridine rings is 2. The molecule has 13 aromatic rings. The third-order valence-electron chi connectivity index (χ3n) is 17.9. The molecule has 0 aliphatic heterocycles. The molecule has 0 unspecified atom stereocenters. The van der Waals surface area contributed by atoms with E-state index in [9.17, 15) is 0 Å². The van der Waals surface area contributed by atoms with E-state index < -0.39 is 0 Å². The summed E-state index contributed by atoms with van der Waals surface area (Å²) in [5.41, 5.74) is 12.1.